The van der Waals surface area contributed by atoms with E-state index in [1.54, 1.807) is 13.0 Å². The third-order valence-corrected chi connectivity index (χ3v) is 2.80. The Kier molecular flexibility index (Phi) is 4.49. The van der Waals surface area contributed by atoms with Crippen molar-refractivity contribution in [2.75, 3.05) is 12.9 Å². The standard InChI is InChI=1S/C10H16O5S/c1-3-14-10(11)8-5-4-6-9(7-8)15-16(2,12)13/h5,9H,3-4,6-7H2,1-2H3/t9-/m1/s1. The van der Waals surface area contributed by atoms with Crippen LogP contribution in [0.4, 0.5) is 0 Å². The average molecular weight is 248 g/mol. The van der Waals surface area contributed by atoms with E-state index in [1.807, 2.05) is 0 Å². The molecule has 0 unspecified atom stereocenters. The van der Waals surface area contributed by atoms with Crippen molar-refractivity contribution >= 4 is 16.1 Å². The third-order valence-electron chi connectivity index (χ3n) is 2.18. The summed E-state index contributed by atoms with van der Waals surface area (Å²) in [5, 5.41) is 0. The molecule has 0 radical (unpaired) electrons. The maximum atomic E-state index is 11.4. The van der Waals surface area contributed by atoms with E-state index in [0.717, 1.165) is 6.26 Å². The Labute approximate surface area is 95.6 Å². The summed E-state index contributed by atoms with van der Waals surface area (Å²) in [7, 11) is -3.46. The van der Waals surface area contributed by atoms with Crippen LogP contribution in [0, 0.1) is 0 Å². The Morgan fingerprint density at radius 1 is 1.56 bits per heavy atom. The van der Waals surface area contributed by atoms with Crippen molar-refractivity contribution in [3.8, 4) is 0 Å². The molecule has 1 aliphatic rings. The van der Waals surface area contributed by atoms with E-state index in [-0.39, 0.29) is 5.97 Å². The predicted octanol–water partition coefficient (Wildman–Crippen LogP) is 1.00. The molecule has 0 aromatic carbocycles. The van der Waals surface area contributed by atoms with Crippen LogP contribution >= 0.6 is 0 Å². The van der Waals surface area contributed by atoms with Gasteiger partial charge < -0.3 is 4.74 Å². The fraction of sp³-hybridized carbons (Fsp3) is 0.700. The normalized spacial score (nSPS) is 21.4. The molecule has 0 heterocycles. The van der Waals surface area contributed by atoms with Crippen molar-refractivity contribution in [2.24, 2.45) is 0 Å². The van der Waals surface area contributed by atoms with E-state index in [2.05, 4.69) is 0 Å². The van der Waals surface area contributed by atoms with Gasteiger partial charge in [-0.1, -0.05) is 6.08 Å². The van der Waals surface area contributed by atoms with Crippen molar-refractivity contribution in [3.05, 3.63) is 11.6 Å². The summed E-state index contributed by atoms with van der Waals surface area (Å²) < 4.78 is 31.6. The number of carbonyl (C=O) groups excluding carboxylic acids is 1. The first-order valence-corrected chi connectivity index (χ1v) is 6.98. The van der Waals surface area contributed by atoms with Gasteiger partial charge in [0.1, 0.15) is 0 Å². The number of hydrogen-bond acceptors (Lipinski definition) is 5. The minimum Gasteiger partial charge on any atom is -0.463 e. The molecule has 0 saturated carbocycles. The molecule has 0 aliphatic heterocycles. The summed E-state index contributed by atoms with van der Waals surface area (Å²) in [5.74, 6) is -0.385. The second-order valence-electron chi connectivity index (χ2n) is 3.65. The third kappa shape index (κ3) is 4.32. The molecule has 92 valence electrons. The minimum atomic E-state index is -3.46. The molecule has 0 N–H and O–H groups in total. The molecule has 0 fully saturated rings. The van der Waals surface area contributed by atoms with Gasteiger partial charge in [0.05, 0.1) is 19.0 Å². The first-order chi connectivity index (χ1) is 7.42. The van der Waals surface area contributed by atoms with Crippen LogP contribution in [0.3, 0.4) is 0 Å². The molecule has 0 saturated heterocycles. The highest BCUT2D eigenvalue weighted by atomic mass is 32.2. The smallest absolute Gasteiger partial charge is 0.333 e. The van der Waals surface area contributed by atoms with Gasteiger partial charge in [0.25, 0.3) is 10.1 Å². The largest absolute Gasteiger partial charge is 0.463 e. The summed E-state index contributed by atoms with van der Waals surface area (Å²) in [4.78, 5) is 11.4. The Balaban J connectivity index is 2.59. The average Bonchev–Trinajstić information content (AvgIpc) is 2.16. The zero-order valence-corrected chi connectivity index (χ0v) is 10.2. The van der Waals surface area contributed by atoms with Crippen molar-refractivity contribution in [1.82, 2.24) is 0 Å². The topological polar surface area (TPSA) is 69.7 Å². The van der Waals surface area contributed by atoms with Gasteiger partial charge in [0, 0.05) is 12.0 Å². The lowest BCUT2D eigenvalue weighted by atomic mass is 9.97. The molecule has 5 nitrogen and oxygen atoms in total. The number of hydrogen-bond donors (Lipinski definition) is 0. The van der Waals surface area contributed by atoms with Crippen LogP contribution in [-0.4, -0.2) is 33.4 Å². The maximum Gasteiger partial charge on any atom is 0.333 e. The number of ether oxygens (including phenoxy) is 1. The van der Waals surface area contributed by atoms with Gasteiger partial charge >= 0.3 is 5.97 Å². The van der Waals surface area contributed by atoms with Crippen LogP contribution in [0.25, 0.3) is 0 Å². The number of rotatable bonds is 4. The second kappa shape index (κ2) is 5.45. The Morgan fingerprint density at radius 2 is 2.25 bits per heavy atom. The molecule has 6 heteroatoms. The van der Waals surface area contributed by atoms with Crippen molar-refractivity contribution in [3.63, 3.8) is 0 Å². The molecule has 0 spiro atoms. The lowest BCUT2D eigenvalue weighted by Crippen LogP contribution is -2.23. The van der Waals surface area contributed by atoms with E-state index in [4.69, 9.17) is 8.92 Å². The molecule has 1 atom stereocenters. The van der Waals surface area contributed by atoms with Crippen LogP contribution in [0.15, 0.2) is 11.6 Å². The highest BCUT2D eigenvalue weighted by Crippen LogP contribution is 2.23. The molecule has 16 heavy (non-hydrogen) atoms. The lowest BCUT2D eigenvalue weighted by Gasteiger charge is -2.20. The summed E-state index contributed by atoms with van der Waals surface area (Å²) in [6.45, 7) is 2.04. The van der Waals surface area contributed by atoms with Gasteiger partial charge in [-0.2, -0.15) is 8.42 Å². The van der Waals surface area contributed by atoms with Gasteiger partial charge in [0.2, 0.25) is 0 Å². The molecule has 0 amide bonds. The van der Waals surface area contributed by atoms with E-state index < -0.39 is 16.2 Å². The molecular weight excluding hydrogens is 232 g/mol. The van der Waals surface area contributed by atoms with Gasteiger partial charge in [0.15, 0.2) is 0 Å². The van der Waals surface area contributed by atoms with Crippen LogP contribution in [0.2, 0.25) is 0 Å². The first kappa shape index (κ1) is 13.2. The Hall–Kier alpha value is -0.880. The van der Waals surface area contributed by atoms with Crippen LogP contribution in [0.5, 0.6) is 0 Å². The van der Waals surface area contributed by atoms with E-state index in [0.29, 0.717) is 31.4 Å². The minimum absolute atomic E-state index is 0.298. The fourth-order valence-electron chi connectivity index (χ4n) is 1.59. The summed E-state index contributed by atoms with van der Waals surface area (Å²) in [6, 6.07) is 0. The first-order valence-electron chi connectivity index (χ1n) is 5.16. The Morgan fingerprint density at radius 3 is 2.81 bits per heavy atom. The van der Waals surface area contributed by atoms with Crippen molar-refractivity contribution in [1.29, 1.82) is 0 Å². The van der Waals surface area contributed by atoms with Gasteiger partial charge in [-0.25, -0.2) is 4.79 Å². The zero-order valence-electron chi connectivity index (χ0n) is 9.43. The van der Waals surface area contributed by atoms with E-state index in [9.17, 15) is 13.2 Å². The zero-order chi connectivity index (χ0) is 12.2. The fourth-order valence-corrected chi connectivity index (χ4v) is 2.25. The SMILES string of the molecule is CCOC(=O)C1=CCC[C@@H](OS(C)(=O)=O)C1. The quantitative estimate of drug-likeness (QED) is 0.548. The lowest BCUT2D eigenvalue weighted by molar-refractivity contribution is -0.139. The van der Waals surface area contributed by atoms with Gasteiger partial charge in [-0.05, 0) is 19.8 Å². The summed E-state index contributed by atoms with van der Waals surface area (Å²) in [6.07, 6.45) is 3.88. The monoisotopic (exact) mass is 248 g/mol. The molecule has 1 aliphatic carbocycles. The van der Waals surface area contributed by atoms with Crippen molar-refractivity contribution in [2.45, 2.75) is 32.3 Å². The molecule has 0 aromatic heterocycles. The van der Waals surface area contributed by atoms with Crippen molar-refractivity contribution < 1.29 is 22.1 Å². The van der Waals surface area contributed by atoms with Gasteiger partial charge in [-0.3, -0.25) is 4.18 Å². The highest BCUT2D eigenvalue weighted by molar-refractivity contribution is 7.86. The summed E-state index contributed by atoms with van der Waals surface area (Å²) in [5.41, 5.74) is 0.502. The summed E-state index contributed by atoms with van der Waals surface area (Å²) >= 11 is 0. The predicted molar refractivity (Wildman–Crippen MR) is 58.3 cm³/mol. The molecule has 1 rings (SSSR count). The number of carbonyl (C=O) groups is 1. The van der Waals surface area contributed by atoms with Crippen LogP contribution in [0.1, 0.15) is 26.2 Å². The Bertz CT molecular complexity index is 382. The molecule has 0 bridgehead atoms. The molecular formula is C10H16O5S. The number of esters is 1. The molecule has 0 aromatic rings. The maximum absolute atomic E-state index is 11.4. The van der Waals surface area contributed by atoms with E-state index in [1.165, 1.54) is 0 Å². The van der Waals surface area contributed by atoms with Crippen LogP contribution in [-0.2, 0) is 23.8 Å². The highest BCUT2D eigenvalue weighted by Gasteiger charge is 2.24. The number of allylic oxidation sites excluding steroid dienone is 1. The second-order valence-corrected chi connectivity index (χ2v) is 5.25. The van der Waals surface area contributed by atoms with Crippen LogP contribution < -0.4 is 0 Å². The van der Waals surface area contributed by atoms with E-state index >= 15 is 0 Å². The van der Waals surface area contributed by atoms with Gasteiger partial charge in [-0.15, -0.1) is 0 Å².